The number of rotatable bonds is 6. The van der Waals surface area contributed by atoms with Crippen molar-refractivity contribution in [3.05, 3.63) is 65.5 Å². The fourth-order valence-corrected chi connectivity index (χ4v) is 2.19. The zero-order valence-electron chi connectivity index (χ0n) is 13.8. The van der Waals surface area contributed by atoms with Gasteiger partial charge in [0.2, 0.25) is 0 Å². The maximum absolute atomic E-state index is 14.1. The molecule has 7 heteroatoms. The van der Waals surface area contributed by atoms with Gasteiger partial charge in [0, 0.05) is 17.2 Å². The summed E-state index contributed by atoms with van der Waals surface area (Å²) in [5, 5.41) is 9.09. The Labute approximate surface area is 147 Å². The van der Waals surface area contributed by atoms with Gasteiger partial charge in [0.25, 0.3) is 0 Å². The lowest BCUT2D eigenvalue weighted by Crippen LogP contribution is -2.07. The number of hydrogen-bond acceptors (Lipinski definition) is 3. The number of carboxylic acids is 1. The van der Waals surface area contributed by atoms with Crippen molar-refractivity contribution in [3.63, 3.8) is 0 Å². The van der Waals surface area contributed by atoms with Crippen LogP contribution in [0.1, 0.15) is 30.1 Å². The zero-order chi connectivity index (χ0) is 19.3. The van der Waals surface area contributed by atoms with Crippen LogP contribution in [0.15, 0.2) is 42.5 Å². The van der Waals surface area contributed by atoms with Crippen LogP contribution in [0.5, 0.6) is 5.75 Å². The van der Waals surface area contributed by atoms with Crippen molar-refractivity contribution in [1.82, 2.24) is 0 Å². The largest absolute Gasteiger partial charge is 0.478 e. The summed E-state index contributed by atoms with van der Waals surface area (Å²) in [4.78, 5) is 23.0. The third-order valence-electron chi connectivity index (χ3n) is 3.47. The summed E-state index contributed by atoms with van der Waals surface area (Å²) in [5.41, 5.74) is -0.837. The van der Waals surface area contributed by atoms with Crippen molar-refractivity contribution < 1.29 is 32.6 Å². The Hall–Kier alpha value is -3.09. The van der Waals surface area contributed by atoms with Gasteiger partial charge in [-0.05, 0) is 36.8 Å². The number of hydrogen-bond donors (Lipinski definition) is 1. The van der Waals surface area contributed by atoms with Crippen LogP contribution in [0.3, 0.4) is 0 Å². The predicted molar refractivity (Wildman–Crippen MR) is 88.4 cm³/mol. The van der Waals surface area contributed by atoms with Crippen molar-refractivity contribution in [1.29, 1.82) is 0 Å². The monoisotopic (exact) mass is 364 g/mol. The number of halogens is 3. The van der Waals surface area contributed by atoms with Gasteiger partial charge in [0.15, 0.2) is 17.5 Å². The van der Waals surface area contributed by atoms with E-state index >= 15 is 0 Å². The molecule has 0 aromatic heterocycles. The van der Waals surface area contributed by atoms with Crippen LogP contribution in [0.2, 0.25) is 0 Å². The molecule has 0 aliphatic rings. The third-order valence-corrected chi connectivity index (χ3v) is 3.47. The Morgan fingerprint density at radius 2 is 1.81 bits per heavy atom. The molecular weight excluding hydrogens is 349 g/mol. The van der Waals surface area contributed by atoms with Gasteiger partial charge in [-0.1, -0.05) is 19.4 Å². The Kier molecular flexibility index (Phi) is 6.16. The summed E-state index contributed by atoms with van der Waals surface area (Å²) in [6.07, 6.45) is 4.24. The van der Waals surface area contributed by atoms with Gasteiger partial charge in [0.05, 0.1) is 5.56 Å². The van der Waals surface area contributed by atoms with E-state index in [0.717, 1.165) is 30.7 Å². The molecule has 0 unspecified atom stereocenters. The minimum absolute atomic E-state index is 0.175. The lowest BCUT2D eigenvalue weighted by molar-refractivity contribution is -0.128. The second kappa shape index (κ2) is 8.33. The quantitative estimate of drug-likeness (QED) is 0.348. The van der Waals surface area contributed by atoms with Crippen molar-refractivity contribution in [2.24, 2.45) is 0 Å². The summed E-state index contributed by atoms with van der Waals surface area (Å²) in [6.45, 7) is 1.92. The summed E-state index contributed by atoms with van der Waals surface area (Å²) in [7, 11) is 0. The number of ether oxygens (including phenoxy) is 1. The average Bonchev–Trinajstić information content (AvgIpc) is 2.60. The highest BCUT2D eigenvalue weighted by atomic mass is 19.2. The van der Waals surface area contributed by atoms with Crippen LogP contribution in [-0.2, 0) is 4.79 Å². The number of unbranched alkanes of at least 4 members (excludes halogenated alkanes) is 1. The summed E-state index contributed by atoms with van der Waals surface area (Å²) in [6, 6.07) is 4.98. The minimum Gasteiger partial charge on any atom is -0.478 e. The van der Waals surface area contributed by atoms with E-state index in [1.807, 2.05) is 6.92 Å². The molecular formula is C19H15F3O4. The molecule has 0 fully saturated rings. The van der Waals surface area contributed by atoms with Crippen LogP contribution in [0, 0.1) is 17.5 Å². The van der Waals surface area contributed by atoms with Gasteiger partial charge in [-0.3, -0.25) is 0 Å². The van der Waals surface area contributed by atoms with Gasteiger partial charge in [0.1, 0.15) is 5.75 Å². The van der Waals surface area contributed by atoms with Crippen LogP contribution < -0.4 is 4.74 Å². The van der Waals surface area contributed by atoms with Gasteiger partial charge in [-0.15, -0.1) is 0 Å². The van der Waals surface area contributed by atoms with Crippen molar-refractivity contribution in [2.45, 2.75) is 19.8 Å². The van der Waals surface area contributed by atoms with E-state index in [0.29, 0.717) is 12.5 Å². The number of carbonyl (C=O) groups excluding carboxylic acids is 1. The van der Waals surface area contributed by atoms with Crippen molar-refractivity contribution in [2.75, 3.05) is 0 Å². The van der Waals surface area contributed by atoms with E-state index in [4.69, 9.17) is 9.84 Å². The average molecular weight is 364 g/mol. The molecule has 0 saturated heterocycles. The van der Waals surface area contributed by atoms with E-state index in [-0.39, 0.29) is 16.9 Å². The second-order valence-electron chi connectivity index (χ2n) is 5.35. The minimum atomic E-state index is -1.71. The molecule has 2 rings (SSSR count). The van der Waals surface area contributed by atoms with E-state index in [1.165, 1.54) is 6.08 Å². The molecule has 0 radical (unpaired) electrons. The molecule has 0 aliphatic carbocycles. The Balaban J connectivity index is 2.52. The Bertz CT molecular complexity index is 875. The Morgan fingerprint density at radius 3 is 2.46 bits per heavy atom. The molecule has 136 valence electrons. The van der Waals surface area contributed by atoms with Gasteiger partial charge >= 0.3 is 11.9 Å². The van der Waals surface area contributed by atoms with Crippen LogP contribution in [-0.4, -0.2) is 17.0 Å². The molecule has 0 aliphatic heterocycles. The van der Waals surface area contributed by atoms with E-state index < -0.39 is 35.0 Å². The van der Waals surface area contributed by atoms with Crippen LogP contribution in [0.4, 0.5) is 13.2 Å². The van der Waals surface area contributed by atoms with E-state index in [2.05, 4.69) is 0 Å². The normalized spacial score (nSPS) is 10.9. The second-order valence-corrected chi connectivity index (χ2v) is 5.35. The number of benzene rings is 2. The maximum atomic E-state index is 14.1. The molecule has 26 heavy (non-hydrogen) atoms. The molecule has 2 aromatic rings. The maximum Gasteiger partial charge on any atom is 0.335 e. The van der Waals surface area contributed by atoms with Gasteiger partial charge in [-0.2, -0.15) is 0 Å². The fraction of sp³-hybridized carbons (Fsp3) is 0.158. The summed E-state index contributed by atoms with van der Waals surface area (Å²) >= 11 is 0. The molecule has 0 heterocycles. The smallest absolute Gasteiger partial charge is 0.335 e. The molecule has 0 saturated carbocycles. The number of allylic oxidation sites excluding steroid dienone is 1. The Morgan fingerprint density at radius 1 is 1.08 bits per heavy atom. The highest BCUT2D eigenvalue weighted by Crippen LogP contribution is 2.34. The lowest BCUT2D eigenvalue weighted by Gasteiger charge is -2.12. The molecule has 0 amide bonds. The fourth-order valence-electron chi connectivity index (χ4n) is 2.19. The first-order chi connectivity index (χ1) is 12.3. The topological polar surface area (TPSA) is 63.6 Å². The zero-order valence-corrected chi connectivity index (χ0v) is 13.8. The number of aromatic carboxylic acids is 1. The first kappa shape index (κ1) is 19.2. The van der Waals surface area contributed by atoms with Gasteiger partial charge < -0.3 is 9.84 Å². The molecule has 4 nitrogen and oxygen atoms in total. The number of carbonyl (C=O) groups is 2. The first-order valence-electron chi connectivity index (χ1n) is 7.74. The summed E-state index contributed by atoms with van der Waals surface area (Å²) in [5.74, 6) is -6.84. The van der Waals surface area contributed by atoms with Gasteiger partial charge in [-0.25, -0.2) is 22.8 Å². The van der Waals surface area contributed by atoms with Crippen molar-refractivity contribution in [3.8, 4) is 16.9 Å². The first-order valence-corrected chi connectivity index (χ1v) is 7.74. The predicted octanol–water partition coefficient (Wildman–Crippen LogP) is 4.73. The summed E-state index contributed by atoms with van der Waals surface area (Å²) < 4.78 is 45.9. The molecule has 0 bridgehead atoms. The van der Waals surface area contributed by atoms with E-state index in [9.17, 15) is 22.8 Å². The highest BCUT2D eigenvalue weighted by Gasteiger charge is 2.20. The van der Waals surface area contributed by atoms with Crippen molar-refractivity contribution >= 4 is 11.9 Å². The van der Waals surface area contributed by atoms with Crippen LogP contribution >= 0.6 is 0 Å². The third kappa shape index (κ3) is 4.30. The standard InChI is InChI=1S/C19H15F3O4/c1-2-3-4-5-16(23)26-15-9-6-11(19(24)25)10-13(15)12-7-8-14(20)18(22)17(12)21/h4-10H,2-3H2,1H3,(H,24,25). The number of esters is 1. The lowest BCUT2D eigenvalue weighted by atomic mass is 10.0. The molecule has 1 N–H and O–H groups in total. The highest BCUT2D eigenvalue weighted by molar-refractivity contribution is 5.92. The molecule has 0 atom stereocenters. The molecule has 2 aromatic carbocycles. The number of carboxylic acid groups (broad SMARTS) is 1. The van der Waals surface area contributed by atoms with Crippen LogP contribution in [0.25, 0.3) is 11.1 Å². The molecule has 0 spiro atoms. The van der Waals surface area contributed by atoms with E-state index in [1.54, 1.807) is 6.08 Å². The SMILES string of the molecule is CCCC=CC(=O)Oc1ccc(C(=O)O)cc1-c1ccc(F)c(F)c1F.